The largest absolute Gasteiger partial charge is 0.481 e. The van der Waals surface area contributed by atoms with Gasteiger partial charge >= 0.3 is 5.97 Å². The van der Waals surface area contributed by atoms with Crippen molar-refractivity contribution in [3.8, 4) is 0 Å². The molecule has 21 heavy (non-hydrogen) atoms. The Bertz CT molecular complexity index is 562. The third-order valence-corrected chi connectivity index (χ3v) is 4.50. The van der Waals surface area contributed by atoms with Gasteiger partial charge in [0.2, 0.25) is 5.91 Å². The van der Waals surface area contributed by atoms with Gasteiger partial charge in [0, 0.05) is 16.8 Å². The summed E-state index contributed by atoms with van der Waals surface area (Å²) in [4.78, 5) is 25.1. The molecule has 1 heterocycles. The number of likely N-dealkylation sites (tertiary alicyclic amines) is 1. The molecule has 2 rings (SSSR count). The van der Waals surface area contributed by atoms with E-state index in [-0.39, 0.29) is 18.5 Å². The number of hydrogen-bond acceptors (Lipinski definition) is 3. The molecule has 2 unspecified atom stereocenters. The minimum atomic E-state index is -0.795. The van der Waals surface area contributed by atoms with Crippen molar-refractivity contribution in [3.05, 3.63) is 28.8 Å². The second-order valence-electron chi connectivity index (χ2n) is 5.41. The average Bonchev–Trinajstić information content (AvgIpc) is 2.77. The Balaban J connectivity index is 1.97. The molecule has 1 aromatic carbocycles. The van der Waals surface area contributed by atoms with Crippen molar-refractivity contribution in [2.24, 2.45) is 5.92 Å². The zero-order chi connectivity index (χ0) is 15.6. The van der Waals surface area contributed by atoms with Crippen LogP contribution in [0.25, 0.3) is 0 Å². The summed E-state index contributed by atoms with van der Waals surface area (Å²) in [7, 11) is 0. The molecule has 1 aliphatic heterocycles. The van der Waals surface area contributed by atoms with E-state index in [2.05, 4.69) is 5.32 Å². The summed E-state index contributed by atoms with van der Waals surface area (Å²) >= 11 is 6.02. The van der Waals surface area contributed by atoms with E-state index < -0.39 is 11.9 Å². The predicted octanol–water partition coefficient (Wildman–Crippen LogP) is 2.38. The highest BCUT2D eigenvalue weighted by atomic mass is 35.5. The van der Waals surface area contributed by atoms with Crippen molar-refractivity contribution in [1.82, 2.24) is 4.90 Å². The predicted molar refractivity (Wildman–Crippen MR) is 81.6 cm³/mol. The smallest absolute Gasteiger partial charge is 0.308 e. The monoisotopic (exact) mass is 310 g/mol. The van der Waals surface area contributed by atoms with E-state index in [4.69, 9.17) is 16.7 Å². The lowest BCUT2D eigenvalue weighted by Gasteiger charge is -2.22. The van der Waals surface area contributed by atoms with Gasteiger partial charge in [0.05, 0.1) is 12.5 Å². The lowest BCUT2D eigenvalue weighted by molar-refractivity contribution is -0.142. The zero-order valence-electron chi connectivity index (χ0n) is 12.1. The lowest BCUT2D eigenvalue weighted by Crippen LogP contribution is -2.38. The van der Waals surface area contributed by atoms with Crippen LogP contribution in [0.4, 0.5) is 5.69 Å². The second kappa shape index (κ2) is 6.45. The van der Waals surface area contributed by atoms with Crippen molar-refractivity contribution in [2.45, 2.75) is 26.3 Å². The van der Waals surface area contributed by atoms with Crippen LogP contribution in [0, 0.1) is 12.8 Å². The maximum Gasteiger partial charge on any atom is 0.308 e. The quantitative estimate of drug-likeness (QED) is 0.896. The van der Waals surface area contributed by atoms with Crippen molar-refractivity contribution >= 4 is 29.2 Å². The minimum absolute atomic E-state index is 0.131. The Morgan fingerprint density at radius 1 is 1.48 bits per heavy atom. The van der Waals surface area contributed by atoms with E-state index in [0.29, 0.717) is 23.7 Å². The summed E-state index contributed by atoms with van der Waals surface area (Å²) < 4.78 is 0. The highest BCUT2D eigenvalue weighted by molar-refractivity contribution is 6.31. The number of aliphatic carboxylic acids is 1. The number of benzene rings is 1. The van der Waals surface area contributed by atoms with Crippen LogP contribution in [0.1, 0.15) is 18.9 Å². The molecule has 0 spiro atoms. The molecule has 1 saturated heterocycles. The van der Waals surface area contributed by atoms with E-state index in [0.717, 1.165) is 5.56 Å². The maximum atomic E-state index is 12.1. The minimum Gasteiger partial charge on any atom is -0.481 e. The van der Waals surface area contributed by atoms with Crippen LogP contribution in [0.15, 0.2) is 18.2 Å². The van der Waals surface area contributed by atoms with Crippen molar-refractivity contribution < 1.29 is 14.7 Å². The molecule has 1 fully saturated rings. The van der Waals surface area contributed by atoms with Crippen LogP contribution >= 0.6 is 11.6 Å². The summed E-state index contributed by atoms with van der Waals surface area (Å²) in [6.07, 6.45) is 0.583. The fraction of sp³-hybridized carbons (Fsp3) is 0.467. The number of hydrogen-bond donors (Lipinski definition) is 2. The van der Waals surface area contributed by atoms with Crippen LogP contribution in [-0.4, -0.2) is 41.0 Å². The first-order valence-electron chi connectivity index (χ1n) is 6.92. The van der Waals surface area contributed by atoms with Gasteiger partial charge in [-0.25, -0.2) is 0 Å². The fourth-order valence-corrected chi connectivity index (χ4v) is 2.85. The van der Waals surface area contributed by atoms with E-state index in [1.54, 1.807) is 18.2 Å². The van der Waals surface area contributed by atoms with E-state index >= 15 is 0 Å². The Hall–Kier alpha value is -1.59. The standard InChI is InChI=1S/C15H19ClN2O3/c1-9-12(16)4-3-5-13(9)17-14(19)8-18-7-6-11(10(18)2)15(20)21/h3-5,10-11H,6-8H2,1-2H3,(H,17,19)(H,20,21). The number of rotatable bonds is 4. The summed E-state index contributed by atoms with van der Waals surface area (Å²) in [5, 5.41) is 12.5. The molecule has 0 saturated carbocycles. The van der Waals surface area contributed by atoms with Crippen molar-refractivity contribution in [3.63, 3.8) is 0 Å². The molecule has 0 aromatic heterocycles. The van der Waals surface area contributed by atoms with Gasteiger partial charge in [-0.1, -0.05) is 17.7 Å². The van der Waals surface area contributed by atoms with Crippen LogP contribution in [0.5, 0.6) is 0 Å². The Labute approximate surface area is 128 Å². The van der Waals surface area contributed by atoms with Crippen molar-refractivity contribution in [2.75, 3.05) is 18.4 Å². The van der Waals surface area contributed by atoms with Gasteiger partial charge in [-0.15, -0.1) is 0 Å². The first-order chi connectivity index (χ1) is 9.90. The molecular weight excluding hydrogens is 292 g/mol. The van der Waals surface area contributed by atoms with Gasteiger partial charge in [0.1, 0.15) is 0 Å². The lowest BCUT2D eigenvalue weighted by atomic mass is 10.0. The van der Waals surface area contributed by atoms with E-state index in [9.17, 15) is 9.59 Å². The molecule has 1 amide bonds. The zero-order valence-corrected chi connectivity index (χ0v) is 12.9. The number of carbonyl (C=O) groups is 2. The first kappa shape index (κ1) is 15.8. The molecule has 1 aromatic rings. The molecule has 2 atom stereocenters. The Morgan fingerprint density at radius 2 is 2.19 bits per heavy atom. The van der Waals surface area contributed by atoms with Crippen LogP contribution in [0.3, 0.4) is 0 Å². The number of carboxylic acids is 1. The Kier molecular flexibility index (Phi) is 4.85. The van der Waals surface area contributed by atoms with Crippen molar-refractivity contribution in [1.29, 1.82) is 0 Å². The highest BCUT2D eigenvalue weighted by Gasteiger charge is 2.36. The second-order valence-corrected chi connectivity index (χ2v) is 5.81. The fourth-order valence-electron chi connectivity index (χ4n) is 2.67. The van der Waals surface area contributed by atoms with Crippen LogP contribution in [-0.2, 0) is 9.59 Å². The van der Waals surface area contributed by atoms with Gasteiger partial charge in [-0.3, -0.25) is 14.5 Å². The van der Waals surface area contributed by atoms with Crippen LogP contribution in [0.2, 0.25) is 5.02 Å². The number of carbonyl (C=O) groups excluding carboxylic acids is 1. The van der Waals surface area contributed by atoms with E-state index in [1.165, 1.54) is 0 Å². The van der Waals surface area contributed by atoms with Gasteiger partial charge in [-0.2, -0.15) is 0 Å². The molecule has 1 aliphatic rings. The van der Waals surface area contributed by atoms with Gasteiger partial charge in [-0.05, 0) is 44.5 Å². The SMILES string of the molecule is Cc1c(Cl)cccc1NC(=O)CN1CCC(C(=O)O)C1C. The third kappa shape index (κ3) is 3.54. The third-order valence-electron chi connectivity index (χ3n) is 4.09. The van der Waals surface area contributed by atoms with E-state index in [1.807, 2.05) is 18.7 Å². The molecule has 114 valence electrons. The summed E-state index contributed by atoms with van der Waals surface area (Å²) in [6.45, 7) is 4.51. The molecule has 2 N–H and O–H groups in total. The number of carboxylic acid groups (broad SMARTS) is 1. The molecule has 0 radical (unpaired) electrons. The summed E-state index contributed by atoms with van der Waals surface area (Å²) in [5.41, 5.74) is 1.51. The Morgan fingerprint density at radius 3 is 2.81 bits per heavy atom. The van der Waals surface area contributed by atoms with Gasteiger partial charge < -0.3 is 10.4 Å². The molecule has 0 aliphatic carbocycles. The average molecular weight is 311 g/mol. The molecule has 0 bridgehead atoms. The van der Waals surface area contributed by atoms with Gasteiger partial charge in [0.15, 0.2) is 0 Å². The topological polar surface area (TPSA) is 69.6 Å². The maximum absolute atomic E-state index is 12.1. The normalized spacial score (nSPS) is 22.2. The van der Waals surface area contributed by atoms with Crippen LogP contribution < -0.4 is 5.32 Å². The number of halogens is 1. The number of nitrogens with one attached hydrogen (secondary N) is 1. The molecule has 5 nitrogen and oxygen atoms in total. The number of nitrogens with zero attached hydrogens (tertiary/aromatic N) is 1. The molecule has 6 heteroatoms. The summed E-state index contributed by atoms with van der Waals surface area (Å²) in [6, 6.07) is 5.22. The number of amides is 1. The first-order valence-corrected chi connectivity index (χ1v) is 7.29. The summed E-state index contributed by atoms with van der Waals surface area (Å²) in [5.74, 6) is -1.35. The number of anilines is 1. The molecular formula is C15H19ClN2O3. The highest BCUT2D eigenvalue weighted by Crippen LogP contribution is 2.25. The van der Waals surface area contributed by atoms with Gasteiger partial charge in [0.25, 0.3) is 0 Å².